The van der Waals surface area contributed by atoms with E-state index in [0.717, 1.165) is 18.6 Å². The fraction of sp³-hybridized carbons (Fsp3) is 0.286. The van der Waals surface area contributed by atoms with Gasteiger partial charge in [-0.25, -0.2) is 0 Å². The molecule has 78 valence electrons. The number of hydrogen-bond acceptors (Lipinski definition) is 1. The van der Waals surface area contributed by atoms with Gasteiger partial charge in [-0.3, -0.25) is 0 Å². The van der Waals surface area contributed by atoms with E-state index in [9.17, 15) is 0 Å². The maximum Gasteiger partial charge on any atom is 0.119 e. The number of allylic oxidation sites excluding steroid dienone is 1. The minimum atomic E-state index is 0.634. The molecule has 0 radical (unpaired) electrons. The molecule has 1 rings (SSSR count). The Morgan fingerprint density at radius 3 is 2.80 bits per heavy atom. The molecule has 0 saturated heterocycles. The molecule has 0 aromatic heterocycles. The first kappa shape index (κ1) is 11.4. The third-order valence-electron chi connectivity index (χ3n) is 1.99. The van der Waals surface area contributed by atoms with E-state index in [2.05, 4.69) is 18.9 Å². The molecule has 0 aliphatic rings. The molecule has 0 unspecified atom stereocenters. The average molecular weight is 200 g/mol. The van der Waals surface area contributed by atoms with Crippen LogP contribution in [0.15, 0.2) is 42.0 Å². The standard InChI is InChI=1S/C14H16O/c1-3-4-6-9-13(2)12-15-14-10-7-5-8-11-14/h1,5,7-11H,4,6,12H2,2H3/b13-9+. The van der Waals surface area contributed by atoms with Gasteiger partial charge in [0.25, 0.3) is 0 Å². The van der Waals surface area contributed by atoms with Gasteiger partial charge in [0.15, 0.2) is 0 Å². The first-order valence-electron chi connectivity index (χ1n) is 5.10. The van der Waals surface area contributed by atoms with Crippen molar-refractivity contribution in [3.63, 3.8) is 0 Å². The van der Waals surface area contributed by atoms with Gasteiger partial charge in [0.1, 0.15) is 12.4 Å². The Balaban J connectivity index is 2.31. The molecule has 0 saturated carbocycles. The van der Waals surface area contributed by atoms with Crippen molar-refractivity contribution in [2.45, 2.75) is 19.8 Å². The Kier molecular flexibility index (Phi) is 5.11. The summed E-state index contributed by atoms with van der Waals surface area (Å²) in [7, 11) is 0. The lowest BCUT2D eigenvalue weighted by atomic mass is 10.2. The van der Waals surface area contributed by atoms with Gasteiger partial charge in [-0.2, -0.15) is 0 Å². The molecule has 0 aliphatic heterocycles. The lowest BCUT2D eigenvalue weighted by Crippen LogP contribution is -1.98. The van der Waals surface area contributed by atoms with Crippen molar-refractivity contribution in [2.24, 2.45) is 0 Å². The number of rotatable bonds is 5. The third-order valence-corrected chi connectivity index (χ3v) is 1.99. The van der Waals surface area contributed by atoms with Gasteiger partial charge in [-0.05, 0) is 31.1 Å². The van der Waals surface area contributed by atoms with E-state index in [1.54, 1.807) is 0 Å². The van der Waals surface area contributed by atoms with Crippen LogP contribution in [0.2, 0.25) is 0 Å². The minimum Gasteiger partial charge on any atom is -0.489 e. The van der Waals surface area contributed by atoms with E-state index in [1.807, 2.05) is 30.3 Å². The predicted molar refractivity (Wildman–Crippen MR) is 63.8 cm³/mol. The number of hydrogen-bond donors (Lipinski definition) is 0. The molecule has 0 atom stereocenters. The Hall–Kier alpha value is -1.68. The van der Waals surface area contributed by atoms with Crippen molar-refractivity contribution in [1.82, 2.24) is 0 Å². The highest BCUT2D eigenvalue weighted by atomic mass is 16.5. The summed E-state index contributed by atoms with van der Waals surface area (Å²) in [6, 6.07) is 9.81. The molecule has 0 bridgehead atoms. The van der Waals surface area contributed by atoms with Gasteiger partial charge in [-0.15, -0.1) is 12.3 Å². The summed E-state index contributed by atoms with van der Waals surface area (Å²) in [5.74, 6) is 3.52. The van der Waals surface area contributed by atoms with Crippen LogP contribution in [0.5, 0.6) is 5.75 Å². The predicted octanol–water partition coefficient (Wildman–Crippen LogP) is 3.43. The number of benzene rings is 1. The largest absolute Gasteiger partial charge is 0.489 e. The number of unbranched alkanes of at least 4 members (excludes halogenated alkanes) is 1. The SMILES string of the molecule is C#CCC/C=C(\C)COc1ccccc1. The monoisotopic (exact) mass is 200 g/mol. The summed E-state index contributed by atoms with van der Waals surface area (Å²) in [5.41, 5.74) is 1.22. The highest BCUT2D eigenvalue weighted by Crippen LogP contribution is 2.09. The second-order valence-electron chi connectivity index (χ2n) is 3.40. The first-order chi connectivity index (χ1) is 7.33. The molecule has 1 aromatic rings. The summed E-state index contributed by atoms with van der Waals surface area (Å²) in [6.07, 6.45) is 9.02. The van der Waals surface area contributed by atoms with Gasteiger partial charge < -0.3 is 4.74 Å². The molecule has 1 aromatic carbocycles. The molecule has 0 spiro atoms. The smallest absolute Gasteiger partial charge is 0.119 e. The highest BCUT2D eigenvalue weighted by molar-refractivity contribution is 5.21. The van der Waals surface area contributed by atoms with Crippen LogP contribution in [0, 0.1) is 12.3 Å². The van der Waals surface area contributed by atoms with Crippen LogP contribution < -0.4 is 4.74 Å². The molecule has 0 N–H and O–H groups in total. The second kappa shape index (κ2) is 6.73. The molecule has 0 aliphatic carbocycles. The van der Waals surface area contributed by atoms with Gasteiger partial charge in [-0.1, -0.05) is 24.3 Å². The van der Waals surface area contributed by atoms with Crippen molar-refractivity contribution in [2.75, 3.05) is 6.61 Å². The van der Waals surface area contributed by atoms with Crippen LogP contribution in [0.1, 0.15) is 19.8 Å². The van der Waals surface area contributed by atoms with Crippen molar-refractivity contribution < 1.29 is 4.74 Å². The third kappa shape index (κ3) is 4.93. The van der Waals surface area contributed by atoms with E-state index >= 15 is 0 Å². The van der Waals surface area contributed by atoms with E-state index in [0.29, 0.717) is 6.61 Å². The molecule has 15 heavy (non-hydrogen) atoms. The molecule has 0 fully saturated rings. The first-order valence-corrected chi connectivity index (χ1v) is 5.10. The highest BCUT2D eigenvalue weighted by Gasteiger charge is 1.92. The van der Waals surface area contributed by atoms with Crippen LogP contribution in [0.3, 0.4) is 0 Å². The number of ether oxygens (including phenoxy) is 1. The molecule has 0 heterocycles. The molecular formula is C14H16O. The molecule has 0 amide bonds. The second-order valence-corrected chi connectivity index (χ2v) is 3.40. The lowest BCUT2D eigenvalue weighted by Gasteiger charge is -2.05. The minimum absolute atomic E-state index is 0.634. The van der Waals surface area contributed by atoms with E-state index < -0.39 is 0 Å². The molecule has 1 heteroatoms. The quantitative estimate of drug-likeness (QED) is 0.402. The van der Waals surface area contributed by atoms with E-state index in [-0.39, 0.29) is 0 Å². The molecule has 1 nitrogen and oxygen atoms in total. The van der Waals surface area contributed by atoms with Crippen molar-refractivity contribution in [1.29, 1.82) is 0 Å². The van der Waals surface area contributed by atoms with Gasteiger partial charge in [0.2, 0.25) is 0 Å². The Morgan fingerprint density at radius 1 is 1.40 bits per heavy atom. The Morgan fingerprint density at radius 2 is 2.13 bits per heavy atom. The van der Waals surface area contributed by atoms with Crippen LogP contribution in [0.25, 0.3) is 0 Å². The summed E-state index contributed by atoms with van der Waals surface area (Å²) >= 11 is 0. The summed E-state index contributed by atoms with van der Waals surface area (Å²) in [5, 5.41) is 0. The van der Waals surface area contributed by atoms with E-state index in [4.69, 9.17) is 11.2 Å². The topological polar surface area (TPSA) is 9.23 Å². The maximum atomic E-state index is 5.58. The van der Waals surface area contributed by atoms with Crippen LogP contribution in [-0.2, 0) is 0 Å². The van der Waals surface area contributed by atoms with Gasteiger partial charge >= 0.3 is 0 Å². The van der Waals surface area contributed by atoms with Crippen molar-refractivity contribution in [3.8, 4) is 18.1 Å². The van der Waals surface area contributed by atoms with Gasteiger partial charge in [0, 0.05) is 6.42 Å². The lowest BCUT2D eigenvalue weighted by molar-refractivity contribution is 0.351. The fourth-order valence-corrected chi connectivity index (χ4v) is 1.17. The van der Waals surface area contributed by atoms with Crippen molar-refractivity contribution >= 4 is 0 Å². The van der Waals surface area contributed by atoms with Crippen LogP contribution >= 0.6 is 0 Å². The van der Waals surface area contributed by atoms with Gasteiger partial charge in [0.05, 0.1) is 0 Å². The summed E-state index contributed by atoms with van der Waals surface area (Å²) in [6.45, 7) is 2.69. The van der Waals surface area contributed by atoms with Crippen LogP contribution in [-0.4, -0.2) is 6.61 Å². The normalized spacial score (nSPS) is 10.8. The zero-order valence-corrected chi connectivity index (χ0v) is 9.07. The maximum absolute atomic E-state index is 5.58. The summed E-state index contributed by atoms with van der Waals surface area (Å²) < 4.78 is 5.58. The zero-order chi connectivity index (χ0) is 10.9. The number of terminal acetylenes is 1. The average Bonchev–Trinajstić information content (AvgIpc) is 2.28. The summed E-state index contributed by atoms with van der Waals surface area (Å²) in [4.78, 5) is 0. The number of para-hydroxylation sites is 1. The Bertz CT molecular complexity index is 343. The van der Waals surface area contributed by atoms with Crippen molar-refractivity contribution in [3.05, 3.63) is 42.0 Å². The molecular weight excluding hydrogens is 184 g/mol. The fourth-order valence-electron chi connectivity index (χ4n) is 1.17. The Labute approximate surface area is 91.8 Å². The zero-order valence-electron chi connectivity index (χ0n) is 9.07. The van der Waals surface area contributed by atoms with E-state index in [1.165, 1.54) is 5.57 Å². The van der Waals surface area contributed by atoms with Crippen LogP contribution in [0.4, 0.5) is 0 Å².